The average molecular weight is 332 g/mol. The molecule has 4 atom stereocenters. The van der Waals surface area contributed by atoms with Crippen molar-refractivity contribution in [3.8, 4) is 0 Å². The second-order valence-electron chi connectivity index (χ2n) is 8.15. The molecular weight excluding hydrogens is 294 g/mol. The lowest BCUT2D eigenvalue weighted by Gasteiger charge is -2.29. The van der Waals surface area contributed by atoms with Crippen LogP contribution in [0.5, 0.6) is 0 Å². The Labute approximate surface area is 149 Å². The Bertz CT molecular complexity index is 503. The molecule has 136 valence electrons. The summed E-state index contributed by atoms with van der Waals surface area (Å²) in [6, 6.07) is 0.269. The molecule has 0 aromatic heterocycles. The first-order valence-electron chi connectivity index (χ1n) is 9.99. The third-order valence-corrected chi connectivity index (χ3v) is 5.93. The number of azo groups is 1. The fourth-order valence-corrected chi connectivity index (χ4v) is 4.03. The van der Waals surface area contributed by atoms with Crippen molar-refractivity contribution in [3.05, 3.63) is 23.0 Å². The molecule has 0 radical (unpaired) electrons. The van der Waals surface area contributed by atoms with E-state index < -0.39 is 0 Å². The molecule has 3 unspecified atom stereocenters. The van der Waals surface area contributed by atoms with Gasteiger partial charge in [-0.2, -0.15) is 10.2 Å². The van der Waals surface area contributed by atoms with Gasteiger partial charge in [0.05, 0.1) is 17.4 Å². The van der Waals surface area contributed by atoms with Crippen LogP contribution in [0.1, 0.15) is 73.1 Å². The van der Waals surface area contributed by atoms with Crippen LogP contribution in [-0.2, 0) is 0 Å². The van der Waals surface area contributed by atoms with Crippen molar-refractivity contribution >= 4 is 0 Å². The summed E-state index contributed by atoms with van der Waals surface area (Å²) < 4.78 is 0. The van der Waals surface area contributed by atoms with Crippen LogP contribution < -0.4 is 0 Å². The van der Waals surface area contributed by atoms with Crippen molar-refractivity contribution in [2.75, 3.05) is 13.6 Å². The molecule has 0 saturated carbocycles. The van der Waals surface area contributed by atoms with E-state index >= 15 is 0 Å². The molecule has 1 aliphatic heterocycles. The van der Waals surface area contributed by atoms with Crippen LogP contribution in [0.4, 0.5) is 0 Å². The monoisotopic (exact) mass is 331 g/mol. The van der Waals surface area contributed by atoms with Gasteiger partial charge in [0.25, 0.3) is 0 Å². The van der Waals surface area contributed by atoms with E-state index in [-0.39, 0.29) is 6.04 Å². The van der Waals surface area contributed by atoms with Gasteiger partial charge in [-0.3, -0.25) is 0 Å². The molecule has 1 aliphatic carbocycles. The number of nitrogens with zero attached hydrogens (tertiary/aromatic N) is 3. The number of hydrogen-bond acceptors (Lipinski definition) is 3. The van der Waals surface area contributed by atoms with Crippen molar-refractivity contribution in [2.24, 2.45) is 28.0 Å². The summed E-state index contributed by atoms with van der Waals surface area (Å²) in [6.45, 7) is 12.5. The largest absolute Gasteiger partial charge is 0.371 e. The van der Waals surface area contributed by atoms with Crippen LogP contribution in [0.15, 0.2) is 33.3 Å². The Morgan fingerprint density at radius 3 is 2.58 bits per heavy atom. The minimum Gasteiger partial charge on any atom is -0.371 e. The zero-order valence-corrected chi connectivity index (χ0v) is 16.7. The highest BCUT2D eigenvalue weighted by molar-refractivity contribution is 5.36. The van der Waals surface area contributed by atoms with E-state index in [9.17, 15) is 0 Å². The predicted molar refractivity (Wildman–Crippen MR) is 103 cm³/mol. The molecule has 1 heterocycles. The Kier molecular flexibility index (Phi) is 7.06. The van der Waals surface area contributed by atoms with E-state index in [2.05, 4.69) is 57.8 Å². The average Bonchev–Trinajstić information content (AvgIpc) is 2.72. The van der Waals surface area contributed by atoms with Crippen LogP contribution in [-0.4, -0.2) is 24.5 Å². The highest BCUT2D eigenvalue weighted by Gasteiger charge is 2.26. The van der Waals surface area contributed by atoms with Gasteiger partial charge in [-0.1, -0.05) is 40.2 Å². The van der Waals surface area contributed by atoms with E-state index in [1.54, 1.807) is 0 Å². The topological polar surface area (TPSA) is 28.0 Å². The normalized spacial score (nSPS) is 26.0. The second-order valence-corrected chi connectivity index (χ2v) is 8.15. The van der Waals surface area contributed by atoms with Gasteiger partial charge in [-0.15, -0.1) is 0 Å². The molecule has 3 nitrogen and oxygen atoms in total. The predicted octanol–water partition coefficient (Wildman–Crippen LogP) is 6.19. The molecule has 2 aliphatic rings. The number of rotatable bonds is 6. The summed E-state index contributed by atoms with van der Waals surface area (Å²) in [6.07, 6.45) is 9.94. The van der Waals surface area contributed by atoms with Gasteiger partial charge in [0.2, 0.25) is 0 Å². The van der Waals surface area contributed by atoms with E-state index in [1.165, 1.54) is 55.5 Å². The van der Waals surface area contributed by atoms with Gasteiger partial charge in [0.15, 0.2) is 0 Å². The molecule has 0 spiro atoms. The van der Waals surface area contributed by atoms with Gasteiger partial charge < -0.3 is 4.90 Å². The fraction of sp³-hybridized carbons (Fsp3) is 0.810. The van der Waals surface area contributed by atoms with E-state index in [0.29, 0.717) is 5.92 Å². The smallest absolute Gasteiger partial charge is 0.0889 e. The van der Waals surface area contributed by atoms with Crippen molar-refractivity contribution in [3.63, 3.8) is 0 Å². The van der Waals surface area contributed by atoms with Crippen LogP contribution in [0.3, 0.4) is 0 Å². The quantitative estimate of drug-likeness (QED) is 0.570. The van der Waals surface area contributed by atoms with E-state index in [0.717, 1.165) is 18.4 Å². The Balaban J connectivity index is 2.32. The highest BCUT2D eigenvalue weighted by Crippen LogP contribution is 2.36. The first kappa shape index (κ1) is 19.2. The summed E-state index contributed by atoms with van der Waals surface area (Å²) in [5, 5.41) is 9.36. The fourth-order valence-electron chi connectivity index (χ4n) is 4.03. The molecule has 2 rings (SSSR count). The molecule has 3 heteroatoms. The van der Waals surface area contributed by atoms with E-state index in [1.807, 2.05) is 0 Å². The standard InChI is InChI=1S/C21H37N3/c1-7-15(2)16(3)13-17(4)20-21(19-11-9-8-10-12-19)24(6)14-18(5)22-23-20/h11,15-18H,7-10,12-14H2,1-6H3/t15?,16-,17?,18?/m0/s1. The molecule has 0 amide bonds. The maximum atomic E-state index is 4.77. The molecule has 0 fully saturated rings. The van der Waals surface area contributed by atoms with Crippen LogP contribution >= 0.6 is 0 Å². The van der Waals surface area contributed by atoms with Gasteiger partial charge >= 0.3 is 0 Å². The van der Waals surface area contributed by atoms with Crippen LogP contribution in [0, 0.1) is 17.8 Å². The van der Waals surface area contributed by atoms with Gasteiger partial charge in [0.1, 0.15) is 0 Å². The minimum absolute atomic E-state index is 0.269. The number of likely N-dealkylation sites (N-methyl/N-ethyl adjacent to an activating group) is 1. The van der Waals surface area contributed by atoms with Gasteiger partial charge in [-0.05, 0) is 56.4 Å². The Hall–Kier alpha value is -1.12. The summed E-state index contributed by atoms with van der Waals surface area (Å²) in [7, 11) is 2.22. The van der Waals surface area contributed by atoms with Crippen molar-refractivity contribution in [1.29, 1.82) is 0 Å². The highest BCUT2D eigenvalue weighted by atomic mass is 15.2. The number of hydrogen-bond donors (Lipinski definition) is 0. The maximum absolute atomic E-state index is 4.77. The Morgan fingerprint density at radius 2 is 1.96 bits per heavy atom. The minimum atomic E-state index is 0.269. The lowest BCUT2D eigenvalue weighted by molar-refractivity contribution is 0.318. The zero-order chi connectivity index (χ0) is 17.7. The molecule has 24 heavy (non-hydrogen) atoms. The molecule has 0 aromatic rings. The third-order valence-electron chi connectivity index (χ3n) is 5.93. The van der Waals surface area contributed by atoms with Crippen molar-refractivity contribution in [2.45, 2.75) is 79.2 Å². The molecule has 0 saturated heterocycles. The first-order valence-corrected chi connectivity index (χ1v) is 9.99. The molecule has 0 aromatic carbocycles. The molecular formula is C21H37N3. The van der Waals surface area contributed by atoms with Gasteiger partial charge in [-0.25, -0.2) is 0 Å². The van der Waals surface area contributed by atoms with Crippen LogP contribution in [0.2, 0.25) is 0 Å². The van der Waals surface area contributed by atoms with Crippen molar-refractivity contribution < 1.29 is 0 Å². The molecule has 0 bridgehead atoms. The van der Waals surface area contributed by atoms with E-state index in [4.69, 9.17) is 5.11 Å². The summed E-state index contributed by atoms with van der Waals surface area (Å²) in [4.78, 5) is 2.42. The Morgan fingerprint density at radius 1 is 1.21 bits per heavy atom. The summed E-state index contributed by atoms with van der Waals surface area (Å²) in [5.41, 5.74) is 4.12. The second kappa shape index (κ2) is 8.82. The number of allylic oxidation sites excluding steroid dienone is 3. The molecule has 0 N–H and O–H groups in total. The third kappa shape index (κ3) is 4.70. The summed E-state index contributed by atoms with van der Waals surface area (Å²) in [5.74, 6) is 1.95. The van der Waals surface area contributed by atoms with Crippen molar-refractivity contribution in [1.82, 2.24) is 4.90 Å². The maximum Gasteiger partial charge on any atom is 0.0889 e. The lowest BCUT2D eigenvalue weighted by atomic mass is 9.83. The zero-order valence-electron chi connectivity index (χ0n) is 16.7. The summed E-state index contributed by atoms with van der Waals surface area (Å²) >= 11 is 0. The first-order chi connectivity index (χ1) is 11.4. The van der Waals surface area contributed by atoms with Gasteiger partial charge in [0, 0.05) is 19.5 Å². The SMILES string of the molecule is CCC(C)[C@@H](C)CC(C)C1=C(C2=CCCCC2)N(C)CC(C)N=N1. The van der Waals surface area contributed by atoms with Crippen LogP contribution in [0.25, 0.3) is 0 Å². The lowest BCUT2D eigenvalue weighted by Crippen LogP contribution is -2.27.